The van der Waals surface area contributed by atoms with Crippen molar-refractivity contribution in [3.05, 3.63) is 72.2 Å². The number of pyridine rings is 1. The summed E-state index contributed by atoms with van der Waals surface area (Å²) in [6.07, 6.45) is 3.54. The Morgan fingerprint density at radius 2 is 1.63 bits per heavy atom. The molecule has 0 fully saturated rings. The fraction of sp³-hybridized carbons (Fsp3) is 0.333. The van der Waals surface area contributed by atoms with Crippen LogP contribution in [0.5, 0.6) is 0 Å². The summed E-state index contributed by atoms with van der Waals surface area (Å²) >= 11 is 0. The van der Waals surface area contributed by atoms with Crippen molar-refractivity contribution in [2.75, 3.05) is 19.0 Å². The summed E-state index contributed by atoms with van der Waals surface area (Å²) < 4.78 is 0. The molecule has 0 unspecified atom stereocenters. The molecule has 0 spiro atoms. The van der Waals surface area contributed by atoms with Crippen molar-refractivity contribution in [1.29, 1.82) is 0 Å². The van der Waals surface area contributed by atoms with Gasteiger partial charge in [-0.25, -0.2) is 9.97 Å². The molecule has 0 saturated carbocycles. The highest BCUT2D eigenvalue weighted by Crippen LogP contribution is 2.26. The Balaban J connectivity index is 2.03. The van der Waals surface area contributed by atoms with Gasteiger partial charge in [-0.05, 0) is 17.7 Å². The summed E-state index contributed by atoms with van der Waals surface area (Å²) in [6.45, 7) is 6.72. The molecule has 156 valence electrons. The van der Waals surface area contributed by atoms with Gasteiger partial charge in [0.05, 0.1) is 17.9 Å². The van der Waals surface area contributed by atoms with Gasteiger partial charge >= 0.3 is 0 Å². The van der Waals surface area contributed by atoms with Crippen LogP contribution in [0.3, 0.4) is 0 Å². The number of amides is 1. The van der Waals surface area contributed by atoms with Crippen LogP contribution in [0.4, 0.5) is 5.95 Å². The number of anilines is 1. The first-order chi connectivity index (χ1) is 14.3. The van der Waals surface area contributed by atoms with E-state index >= 15 is 0 Å². The van der Waals surface area contributed by atoms with Crippen molar-refractivity contribution in [1.82, 2.24) is 19.9 Å². The standard InChI is InChI=1S/C24H29N5O/c1-24(2,3)22(30)29(16-18-11-7-6-8-12-18)17-21-19(20-13-9-10-14-25-20)15-26-23(27-21)28(4)5/h6-15H,16-17H2,1-5H3. The molecule has 0 radical (unpaired) electrons. The van der Waals surface area contributed by atoms with Crippen molar-refractivity contribution in [2.45, 2.75) is 33.9 Å². The van der Waals surface area contributed by atoms with Gasteiger partial charge < -0.3 is 9.80 Å². The molecular weight excluding hydrogens is 374 g/mol. The summed E-state index contributed by atoms with van der Waals surface area (Å²) in [4.78, 5) is 30.7. The second-order valence-electron chi connectivity index (χ2n) is 8.54. The van der Waals surface area contributed by atoms with Crippen LogP contribution in [0.2, 0.25) is 0 Å². The average Bonchev–Trinajstić information content (AvgIpc) is 2.73. The quantitative estimate of drug-likeness (QED) is 0.618. The third-order valence-corrected chi connectivity index (χ3v) is 4.68. The molecule has 2 aromatic heterocycles. The minimum absolute atomic E-state index is 0.0725. The van der Waals surface area contributed by atoms with Crippen molar-refractivity contribution in [3.8, 4) is 11.3 Å². The number of aromatic nitrogens is 3. The molecule has 6 heteroatoms. The number of hydrogen-bond donors (Lipinski definition) is 0. The van der Waals surface area contributed by atoms with E-state index in [2.05, 4.69) is 9.97 Å². The lowest BCUT2D eigenvalue weighted by molar-refractivity contribution is -0.140. The van der Waals surface area contributed by atoms with Crippen molar-refractivity contribution >= 4 is 11.9 Å². The van der Waals surface area contributed by atoms with E-state index in [0.717, 1.165) is 22.5 Å². The van der Waals surface area contributed by atoms with Gasteiger partial charge in [-0.2, -0.15) is 0 Å². The van der Waals surface area contributed by atoms with Crippen LogP contribution in [-0.2, 0) is 17.9 Å². The number of benzene rings is 1. The molecule has 0 atom stereocenters. The fourth-order valence-electron chi connectivity index (χ4n) is 3.14. The number of hydrogen-bond acceptors (Lipinski definition) is 5. The van der Waals surface area contributed by atoms with Gasteiger partial charge in [0.1, 0.15) is 0 Å². The molecule has 3 rings (SSSR count). The first-order valence-electron chi connectivity index (χ1n) is 10.0. The van der Waals surface area contributed by atoms with Gasteiger partial charge in [-0.15, -0.1) is 0 Å². The predicted molar refractivity (Wildman–Crippen MR) is 120 cm³/mol. The topological polar surface area (TPSA) is 62.2 Å². The summed E-state index contributed by atoms with van der Waals surface area (Å²) in [5.74, 6) is 0.677. The van der Waals surface area contributed by atoms with Crippen LogP contribution in [-0.4, -0.2) is 39.9 Å². The monoisotopic (exact) mass is 403 g/mol. The van der Waals surface area contributed by atoms with Gasteiger partial charge in [0.25, 0.3) is 0 Å². The van der Waals surface area contributed by atoms with E-state index < -0.39 is 5.41 Å². The molecule has 30 heavy (non-hydrogen) atoms. The van der Waals surface area contributed by atoms with Gasteiger partial charge in [0.2, 0.25) is 11.9 Å². The van der Waals surface area contributed by atoms with Gasteiger partial charge in [-0.3, -0.25) is 9.78 Å². The molecular formula is C24H29N5O. The lowest BCUT2D eigenvalue weighted by Crippen LogP contribution is -2.39. The Labute approximate surface area is 178 Å². The second kappa shape index (κ2) is 9.03. The smallest absolute Gasteiger partial charge is 0.228 e. The normalized spacial score (nSPS) is 11.2. The van der Waals surface area contributed by atoms with Gasteiger partial charge in [0, 0.05) is 44.0 Å². The van der Waals surface area contributed by atoms with Crippen molar-refractivity contribution < 1.29 is 4.79 Å². The highest BCUT2D eigenvalue weighted by Gasteiger charge is 2.28. The fourth-order valence-corrected chi connectivity index (χ4v) is 3.14. The predicted octanol–water partition coefficient (Wildman–Crippen LogP) is 4.18. The summed E-state index contributed by atoms with van der Waals surface area (Å²) in [6, 6.07) is 15.8. The highest BCUT2D eigenvalue weighted by molar-refractivity contribution is 5.81. The summed E-state index contributed by atoms with van der Waals surface area (Å²) in [7, 11) is 3.81. The minimum atomic E-state index is -0.503. The van der Waals surface area contributed by atoms with Gasteiger partial charge in [0.15, 0.2) is 0 Å². The first-order valence-corrected chi connectivity index (χ1v) is 10.0. The molecule has 0 aliphatic heterocycles. The van der Waals surface area contributed by atoms with Crippen LogP contribution >= 0.6 is 0 Å². The second-order valence-corrected chi connectivity index (χ2v) is 8.54. The van der Waals surface area contributed by atoms with E-state index in [1.807, 2.05) is 93.2 Å². The van der Waals surface area contributed by atoms with Crippen LogP contribution < -0.4 is 4.90 Å². The molecule has 1 aromatic carbocycles. The molecule has 0 aliphatic carbocycles. The zero-order valence-corrected chi connectivity index (χ0v) is 18.3. The Morgan fingerprint density at radius 3 is 2.23 bits per heavy atom. The maximum atomic E-state index is 13.3. The van der Waals surface area contributed by atoms with Crippen LogP contribution in [0.25, 0.3) is 11.3 Å². The van der Waals surface area contributed by atoms with Gasteiger partial charge in [-0.1, -0.05) is 57.2 Å². The van der Waals surface area contributed by atoms with E-state index in [1.165, 1.54) is 0 Å². The zero-order valence-electron chi connectivity index (χ0n) is 18.3. The Hall–Kier alpha value is -3.28. The van der Waals surface area contributed by atoms with E-state index in [1.54, 1.807) is 12.4 Å². The molecule has 0 aliphatic rings. The summed E-state index contributed by atoms with van der Waals surface area (Å²) in [5, 5.41) is 0. The number of nitrogens with zero attached hydrogens (tertiary/aromatic N) is 5. The highest BCUT2D eigenvalue weighted by atomic mass is 16.2. The van der Waals surface area contributed by atoms with Crippen LogP contribution in [0.1, 0.15) is 32.0 Å². The Kier molecular flexibility index (Phi) is 6.45. The molecule has 0 bridgehead atoms. The van der Waals surface area contributed by atoms with Crippen LogP contribution in [0, 0.1) is 5.41 Å². The zero-order chi connectivity index (χ0) is 21.7. The molecule has 6 nitrogen and oxygen atoms in total. The number of carbonyl (C=O) groups is 1. The number of carbonyl (C=O) groups excluding carboxylic acids is 1. The Bertz CT molecular complexity index is 981. The minimum Gasteiger partial charge on any atom is -0.347 e. The maximum Gasteiger partial charge on any atom is 0.228 e. The third kappa shape index (κ3) is 5.20. The van der Waals surface area contributed by atoms with Crippen LogP contribution in [0.15, 0.2) is 60.9 Å². The lowest BCUT2D eigenvalue weighted by atomic mass is 9.94. The van der Waals surface area contributed by atoms with Crippen molar-refractivity contribution in [2.24, 2.45) is 5.41 Å². The first kappa shape index (κ1) is 21.4. The van der Waals surface area contributed by atoms with E-state index in [9.17, 15) is 4.79 Å². The van der Waals surface area contributed by atoms with E-state index in [4.69, 9.17) is 4.98 Å². The molecule has 2 heterocycles. The Morgan fingerprint density at radius 1 is 0.933 bits per heavy atom. The van der Waals surface area contributed by atoms with Crippen molar-refractivity contribution in [3.63, 3.8) is 0 Å². The molecule has 3 aromatic rings. The van der Waals surface area contributed by atoms with E-state index in [0.29, 0.717) is 19.0 Å². The SMILES string of the molecule is CN(C)c1ncc(-c2ccccn2)c(CN(Cc2ccccc2)C(=O)C(C)(C)C)n1. The average molecular weight is 404 g/mol. The molecule has 0 N–H and O–H groups in total. The molecule has 0 saturated heterocycles. The largest absolute Gasteiger partial charge is 0.347 e. The number of rotatable bonds is 6. The molecule has 1 amide bonds. The maximum absolute atomic E-state index is 13.3. The lowest BCUT2D eigenvalue weighted by Gasteiger charge is -2.30. The summed E-state index contributed by atoms with van der Waals surface area (Å²) in [5.41, 5.74) is 2.98. The van der Waals surface area contributed by atoms with E-state index in [-0.39, 0.29) is 5.91 Å². The third-order valence-electron chi connectivity index (χ3n) is 4.68.